The summed E-state index contributed by atoms with van der Waals surface area (Å²) in [6.07, 6.45) is 0.207. The first kappa shape index (κ1) is 17.1. The number of hydrogen-bond acceptors (Lipinski definition) is 5. The van der Waals surface area contributed by atoms with Gasteiger partial charge in [0.25, 0.3) is 0 Å². The number of carbonyl (C=O) groups excluding carboxylic acids is 2. The SMILES string of the molecule is COC(=O)c1ccc(C(=O)Cc2ccc(CS(=O)[O-])cc2)cc1. The first-order valence-electron chi connectivity index (χ1n) is 6.85. The van der Waals surface area contributed by atoms with Crippen LogP contribution in [0.25, 0.3) is 0 Å². The van der Waals surface area contributed by atoms with Crippen molar-refractivity contribution in [1.82, 2.24) is 0 Å². The van der Waals surface area contributed by atoms with E-state index in [1.165, 1.54) is 7.11 Å². The van der Waals surface area contributed by atoms with E-state index in [1.54, 1.807) is 48.5 Å². The van der Waals surface area contributed by atoms with Crippen molar-refractivity contribution in [3.8, 4) is 0 Å². The molecule has 0 saturated heterocycles. The minimum atomic E-state index is -2.13. The Labute approximate surface area is 136 Å². The molecule has 5 nitrogen and oxygen atoms in total. The zero-order chi connectivity index (χ0) is 16.8. The van der Waals surface area contributed by atoms with Crippen molar-refractivity contribution in [2.45, 2.75) is 12.2 Å². The van der Waals surface area contributed by atoms with E-state index >= 15 is 0 Å². The van der Waals surface area contributed by atoms with Crippen LogP contribution in [0.2, 0.25) is 0 Å². The molecule has 2 aromatic carbocycles. The van der Waals surface area contributed by atoms with Crippen LogP contribution in [0.15, 0.2) is 48.5 Å². The molecule has 23 heavy (non-hydrogen) atoms. The fourth-order valence-corrected chi connectivity index (χ4v) is 2.55. The summed E-state index contributed by atoms with van der Waals surface area (Å²) >= 11 is -2.13. The van der Waals surface area contributed by atoms with Crippen LogP contribution < -0.4 is 0 Å². The van der Waals surface area contributed by atoms with Crippen molar-refractivity contribution in [2.75, 3.05) is 7.11 Å². The monoisotopic (exact) mass is 331 g/mol. The van der Waals surface area contributed by atoms with Crippen LogP contribution in [0.4, 0.5) is 0 Å². The predicted molar refractivity (Wildman–Crippen MR) is 84.9 cm³/mol. The molecule has 6 heteroatoms. The number of ketones is 1. The Morgan fingerprint density at radius 3 is 2.00 bits per heavy atom. The Kier molecular flexibility index (Phi) is 5.78. The van der Waals surface area contributed by atoms with E-state index in [0.717, 1.165) is 5.56 Å². The highest BCUT2D eigenvalue weighted by Crippen LogP contribution is 2.12. The fourth-order valence-electron chi connectivity index (χ4n) is 2.09. The third-order valence-electron chi connectivity index (χ3n) is 3.30. The smallest absolute Gasteiger partial charge is 0.337 e. The molecule has 0 amide bonds. The molecule has 0 aliphatic rings. The number of ether oxygens (including phenoxy) is 1. The van der Waals surface area contributed by atoms with Crippen LogP contribution in [0.1, 0.15) is 31.8 Å². The number of esters is 1. The molecule has 0 radical (unpaired) electrons. The van der Waals surface area contributed by atoms with E-state index in [-0.39, 0.29) is 18.0 Å². The van der Waals surface area contributed by atoms with Crippen LogP contribution in [0, 0.1) is 0 Å². The van der Waals surface area contributed by atoms with Gasteiger partial charge in [-0.15, -0.1) is 0 Å². The summed E-state index contributed by atoms with van der Waals surface area (Å²) in [5.41, 5.74) is 2.37. The Balaban J connectivity index is 2.03. The van der Waals surface area contributed by atoms with Crippen molar-refractivity contribution < 1.29 is 23.1 Å². The van der Waals surface area contributed by atoms with Crippen LogP contribution >= 0.6 is 0 Å². The summed E-state index contributed by atoms with van der Waals surface area (Å²) in [5, 5.41) is 0. The number of hydrogen-bond donors (Lipinski definition) is 0. The van der Waals surface area contributed by atoms with Gasteiger partial charge in [0.1, 0.15) is 0 Å². The highest BCUT2D eigenvalue weighted by molar-refractivity contribution is 7.78. The molecule has 0 aliphatic heterocycles. The molecule has 0 spiro atoms. The van der Waals surface area contributed by atoms with Crippen molar-refractivity contribution >= 4 is 22.8 Å². The largest absolute Gasteiger partial charge is 0.772 e. The topological polar surface area (TPSA) is 83.5 Å². The molecule has 0 N–H and O–H groups in total. The molecule has 2 aromatic rings. The second kappa shape index (κ2) is 7.80. The van der Waals surface area contributed by atoms with E-state index in [0.29, 0.717) is 16.7 Å². The Hall–Kier alpha value is -2.31. The molecule has 2 rings (SSSR count). The molecule has 1 atom stereocenters. The summed E-state index contributed by atoms with van der Waals surface area (Å²) in [5.74, 6) is -0.569. The van der Waals surface area contributed by atoms with Crippen LogP contribution in [-0.2, 0) is 28.0 Å². The number of carbonyl (C=O) groups is 2. The molecular formula is C17H15O5S-. The Morgan fingerprint density at radius 1 is 0.957 bits per heavy atom. The molecule has 120 valence electrons. The van der Waals surface area contributed by atoms with Crippen LogP contribution in [-0.4, -0.2) is 27.6 Å². The molecule has 0 heterocycles. The molecule has 0 aliphatic carbocycles. The van der Waals surface area contributed by atoms with Crippen molar-refractivity contribution in [3.63, 3.8) is 0 Å². The Morgan fingerprint density at radius 2 is 1.48 bits per heavy atom. The van der Waals surface area contributed by atoms with Gasteiger partial charge < -0.3 is 9.29 Å². The van der Waals surface area contributed by atoms with Crippen molar-refractivity contribution in [1.29, 1.82) is 0 Å². The number of methoxy groups -OCH3 is 1. The normalized spacial score (nSPS) is 11.7. The molecule has 0 aromatic heterocycles. The van der Waals surface area contributed by atoms with E-state index in [2.05, 4.69) is 4.74 Å². The second-order valence-electron chi connectivity index (χ2n) is 4.93. The van der Waals surface area contributed by atoms with Gasteiger partial charge in [0.05, 0.1) is 12.7 Å². The van der Waals surface area contributed by atoms with Gasteiger partial charge in [-0.3, -0.25) is 9.00 Å². The van der Waals surface area contributed by atoms with Gasteiger partial charge in [-0.05, 0) is 23.3 Å². The molecule has 1 unspecified atom stereocenters. The standard InChI is InChI=1S/C17H16O5S/c1-22-17(19)15-8-6-14(7-9-15)16(18)10-12-2-4-13(5-3-12)11-23(20)21/h2-9H,10-11H2,1H3,(H,20,21)/p-1. The van der Waals surface area contributed by atoms with Gasteiger partial charge in [0.15, 0.2) is 5.78 Å². The predicted octanol–water partition coefficient (Wildman–Crippen LogP) is 2.28. The summed E-state index contributed by atoms with van der Waals surface area (Å²) < 4.78 is 25.9. The molecule has 0 bridgehead atoms. The molecule has 0 fully saturated rings. The Bertz CT molecular complexity index is 720. The average Bonchev–Trinajstić information content (AvgIpc) is 2.55. The van der Waals surface area contributed by atoms with Gasteiger partial charge >= 0.3 is 5.97 Å². The van der Waals surface area contributed by atoms with Crippen molar-refractivity contribution in [2.24, 2.45) is 0 Å². The lowest BCUT2D eigenvalue weighted by Crippen LogP contribution is -2.06. The maximum atomic E-state index is 12.2. The maximum Gasteiger partial charge on any atom is 0.337 e. The van der Waals surface area contributed by atoms with E-state index in [9.17, 15) is 18.4 Å². The van der Waals surface area contributed by atoms with Gasteiger partial charge in [0, 0.05) is 17.7 Å². The number of Topliss-reactive ketones (excluding diaryl/α,β-unsaturated/α-hetero) is 1. The second-order valence-corrected chi connectivity index (χ2v) is 5.83. The zero-order valence-electron chi connectivity index (χ0n) is 12.5. The molecule has 0 saturated carbocycles. The number of rotatable bonds is 6. The van der Waals surface area contributed by atoms with Gasteiger partial charge in [-0.25, -0.2) is 4.79 Å². The van der Waals surface area contributed by atoms with E-state index < -0.39 is 17.0 Å². The lowest BCUT2D eigenvalue weighted by atomic mass is 10.0. The zero-order valence-corrected chi connectivity index (χ0v) is 13.3. The summed E-state index contributed by atoms with van der Waals surface area (Å²) in [6.45, 7) is 0. The minimum absolute atomic E-state index is 0.0385. The van der Waals surface area contributed by atoms with E-state index in [4.69, 9.17) is 0 Å². The molecular weight excluding hydrogens is 316 g/mol. The van der Waals surface area contributed by atoms with Gasteiger partial charge in [-0.2, -0.15) is 0 Å². The fraction of sp³-hybridized carbons (Fsp3) is 0.176. The summed E-state index contributed by atoms with van der Waals surface area (Å²) in [4.78, 5) is 23.6. The minimum Gasteiger partial charge on any atom is -0.772 e. The van der Waals surface area contributed by atoms with Gasteiger partial charge in [0.2, 0.25) is 0 Å². The van der Waals surface area contributed by atoms with Crippen LogP contribution in [0.3, 0.4) is 0 Å². The maximum absolute atomic E-state index is 12.2. The third-order valence-corrected chi connectivity index (χ3v) is 3.87. The van der Waals surface area contributed by atoms with Gasteiger partial charge in [-0.1, -0.05) is 47.5 Å². The summed E-state index contributed by atoms with van der Waals surface area (Å²) in [6, 6.07) is 13.1. The average molecular weight is 331 g/mol. The first-order valence-corrected chi connectivity index (χ1v) is 8.09. The highest BCUT2D eigenvalue weighted by Gasteiger charge is 2.10. The number of benzene rings is 2. The lowest BCUT2D eigenvalue weighted by molar-refractivity contribution is 0.0600. The quantitative estimate of drug-likeness (QED) is 0.461. The van der Waals surface area contributed by atoms with Crippen molar-refractivity contribution in [3.05, 3.63) is 70.8 Å². The van der Waals surface area contributed by atoms with Crippen LogP contribution in [0.5, 0.6) is 0 Å². The lowest BCUT2D eigenvalue weighted by Gasteiger charge is -2.06. The summed E-state index contributed by atoms with van der Waals surface area (Å²) in [7, 11) is 1.30. The highest BCUT2D eigenvalue weighted by atomic mass is 32.2. The first-order chi connectivity index (χ1) is 11.0. The van der Waals surface area contributed by atoms with E-state index in [1.807, 2.05) is 0 Å². The third kappa shape index (κ3) is 4.84.